The highest BCUT2D eigenvalue weighted by molar-refractivity contribution is 14.1. The zero-order chi connectivity index (χ0) is 8.10. The molecule has 0 aromatic carbocycles. The maximum atomic E-state index is 5.47. The molecule has 1 aliphatic rings. The fourth-order valence-corrected chi connectivity index (χ4v) is 1.65. The molecule has 1 aliphatic heterocycles. The van der Waals surface area contributed by atoms with E-state index in [0.717, 1.165) is 19.4 Å². The third kappa shape index (κ3) is 2.85. The van der Waals surface area contributed by atoms with Crippen molar-refractivity contribution in [2.45, 2.75) is 25.0 Å². The number of ether oxygens (including phenoxy) is 2. The molecule has 0 aromatic heterocycles. The molecule has 1 heterocycles. The summed E-state index contributed by atoms with van der Waals surface area (Å²) in [5.74, 6) is 0. The van der Waals surface area contributed by atoms with Crippen molar-refractivity contribution in [3.63, 3.8) is 0 Å². The molecule has 1 fully saturated rings. The molecule has 66 valence electrons. The predicted molar refractivity (Wildman–Crippen MR) is 49.7 cm³/mol. The Hall–Kier alpha value is 0.610. The molecule has 1 rings (SSSR count). The monoisotopic (exact) mass is 272 g/mol. The third-order valence-corrected chi connectivity index (χ3v) is 2.27. The van der Waals surface area contributed by atoms with Crippen LogP contribution in [0, 0.1) is 0 Å². The average molecular weight is 272 g/mol. The summed E-state index contributed by atoms with van der Waals surface area (Å²) >= 11 is 1.88. The van der Waals surface area contributed by atoms with Gasteiger partial charge >= 0.3 is 0 Å². The predicted octanol–water partition coefficient (Wildman–Crippen LogP) is 1.55. The Morgan fingerprint density at radius 1 is 1.64 bits per heavy atom. The molecule has 0 N–H and O–H groups in total. The van der Waals surface area contributed by atoms with E-state index in [-0.39, 0.29) is 12.2 Å². The summed E-state index contributed by atoms with van der Waals surface area (Å²) in [4.78, 5) is 0. The SMILES string of the molecule is CO[C@H]1CCCOC1COI. The quantitative estimate of drug-likeness (QED) is 0.729. The first-order valence-electron chi connectivity index (χ1n) is 3.76. The van der Waals surface area contributed by atoms with E-state index in [9.17, 15) is 0 Å². The van der Waals surface area contributed by atoms with E-state index >= 15 is 0 Å². The van der Waals surface area contributed by atoms with Gasteiger partial charge in [0, 0.05) is 13.7 Å². The number of hydrogen-bond acceptors (Lipinski definition) is 3. The Morgan fingerprint density at radius 2 is 2.45 bits per heavy atom. The average Bonchev–Trinajstić information content (AvgIpc) is 2.06. The summed E-state index contributed by atoms with van der Waals surface area (Å²) in [7, 11) is 1.72. The van der Waals surface area contributed by atoms with Crippen molar-refractivity contribution in [3.05, 3.63) is 0 Å². The number of rotatable bonds is 3. The number of halogens is 1. The molecule has 1 unspecified atom stereocenters. The lowest BCUT2D eigenvalue weighted by Crippen LogP contribution is -2.38. The molecule has 0 saturated carbocycles. The standard InChI is InChI=1S/C7H13IO3/c1-9-6-3-2-4-10-7(6)5-11-8/h6-7H,2-5H2,1H3/t6-,7?/m0/s1. The lowest BCUT2D eigenvalue weighted by molar-refractivity contribution is -0.101. The van der Waals surface area contributed by atoms with E-state index in [4.69, 9.17) is 12.5 Å². The van der Waals surface area contributed by atoms with Crippen LogP contribution in [0.5, 0.6) is 0 Å². The Bertz CT molecular complexity index is 108. The van der Waals surface area contributed by atoms with E-state index in [0.29, 0.717) is 6.61 Å². The van der Waals surface area contributed by atoms with Crippen molar-refractivity contribution in [1.29, 1.82) is 0 Å². The molecule has 0 aliphatic carbocycles. The Labute approximate surface area is 81.1 Å². The summed E-state index contributed by atoms with van der Waals surface area (Å²) in [6.45, 7) is 1.46. The van der Waals surface area contributed by atoms with E-state index in [1.165, 1.54) is 0 Å². The lowest BCUT2D eigenvalue weighted by atomic mass is 10.1. The van der Waals surface area contributed by atoms with Gasteiger partial charge in [0.1, 0.15) is 29.1 Å². The third-order valence-electron chi connectivity index (χ3n) is 1.91. The zero-order valence-electron chi connectivity index (χ0n) is 6.59. The fourth-order valence-electron chi connectivity index (χ4n) is 1.30. The molecule has 2 atom stereocenters. The van der Waals surface area contributed by atoms with Gasteiger partial charge in [0.05, 0.1) is 12.7 Å². The topological polar surface area (TPSA) is 27.7 Å². The molecule has 0 amide bonds. The van der Waals surface area contributed by atoms with Gasteiger partial charge in [0.15, 0.2) is 0 Å². The molecule has 4 heteroatoms. The number of hydrogen-bond donors (Lipinski definition) is 0. The van der Waals surface area contributed by atoms with Crippen LogP contribution in [-0.4, -0.2) is 32.5 Å². The highest BCUT2D eigenvalue weighted by atomic mass is 127. The Kier molecular flexibility index (Phi) is 4.66. The van der Waals surface area contributed by atoms with Gasteiger partial charge in [0.2, 0.25) is 0 Å². The van der Waals surface area contributed by atoms with Gasteiger partial charge in [-0.2, -0.15) is 0 Å². The van der Waals surface area contributed by atoms with Crippen LogP contribution in [0.25, 0.3) is 0 Å². The van der Waals surface area contributed by atoms with Crippen molar-refractivity contribution >= 4 is 23.0 Å². The van der Waals surface area contributed by atoms with Gasteiger partial charge in [-0.3, -0.25) is 0 Å². The van der Waals surface area contributed by atoms with Crippen LogP contribution in [0.2, 0.25) is 0 Å². The fraction of sp³-hybridized carbons (Fsp3) is 1.00. The molecule has 1 saturated heterocycles. The Morgan fingerprint density at radius 3 is 3.09 bits per heavy atom. The summed E-state index contributed by atoms with van der Waals surface area (Å²) < 4.78 is 15.7. The lowest BCUT2D eigenvalue weighted by Gasteiger charge is -2.29. The van der Waals surface area contributed by atoms with E-state index in [1.54, 1.807) is 7.11 Å². The summed E-state index contributed by atoms with van der Waals surface area (Å²) in [6, 6.07) is 0. The summed E-state index contributed by atoms with van der Waals surface area (Å²) in [5.41, 5.74) is 0. The maximum absolute atomic E-state index is 5.47. The highest BCUT2D eigenvalue weighted by Crippen LogP contribution is 2.17. The van der Waals surface area contributed by atoms with Gasteiger partial charge in [-0.15, -0.1) is 0 Å². The molecular formula is C7H13IO3. The maximum Gasteiger partial charge on any atom is 0.109 e. The summed E-state index contributed by atoms with van der Waals surface area (Å²) in [5, 5.41) is 0. The highest BCUT2D eigenvalue weighted by Gasteiger charge is 2.25. The van der Waals surface area contributed by atoms with Crippen molar-refractivity contribution in [2.24, 2.45) is 0 Å². The van der Waals surface area contributed by atoms with Gasteiger partial charge < -0.3 is 12.5 Å². The van der Waals surface area contributed by atoms with Gasteiger partial charge in [-0.05, 0) is 12.8 Å². The first-order valence-corrected chi connectivity index (χ1v) is 4.64. The minimum absolute atomic E-state index is 0.130. The minimum Gasteiger partial charge on any atom is -0.379 e. The first-order chi connectivity index (χ1) is 5.38. The molecule has 11 heavy (non-hydrogen) atoms. The number of methoxy groups -OCH3 is 1. The second-order valence-corrected chi connectivity index (χ2v) is 3.22. The second kappa shape index (κ2) is 5.29. The minimum atomic E-state index is 0.130. The zero-order valence-corrected chi connectivity index (χ0v) is 8.74. The van der Waals surface area contributed by atoms with Gasteiger partial charge in [-0.1, -0.05) is 0 Å². The molecule has 0 aromatic rings. The first kappa shape index (κ1) is 9.70. The van der Waals surface area contributed by atoms with E-state index in [1.807, 2.05) is 23.0 Å². The van der Waals surface area contributed by atoms with Gasteiger partial charge in [-0.25, -0.2) is 0 Å². The Balaban J connectivity index is 2.31. The van der Waals surface area contributed by atoms with Crippen molar-refractivity contribution in [3.8, 4) is 0 Å². The second-order valence-electron chi connectivity index (χ2n) is 2.60. The smallest absolute Gasteiger partial charge is 0.109 e. The van der Waals surface area contributed by atoms with Crippen LogP contribution in [-0.2, 0) is 12.5 Å². The van der Waals surface area contributed by atoms with E-state index in [2.05, 4.69) is 0 Å². The molecule has 3 nitrogen and oxygen atoms in total. The van der Waals surface area contributed by atoms with Crippen LogP contribution in [0.4, 0.5) is 0 Å². The molecule has 0 spiro atoms. The van der Waals surface area contributed by atoms with Crippen LogP contribution in [0.15, 0.2) is 0 Å². The summed E-state index contributed by atoms with van der Waals surface area (Å²) in [6.07, 6.45) is 2.53. The van der Waals surface area contributed by atoms with E-state index < -0.39 is 0 Å². The van der Waals surface area contributed by atoms with Crippen molar-refractivity contribution < 1.29 is 12.5 Å². The van der Waals surface area contributed by atoms with Gasteiger partial charge in [0.25, 0.3) is 0 Å². The van der Waals surface area contributed by atoms with Crippen molar-refractivity contribution in [2.75, 3.05) is 20.3 Å². The van der Waals surface area contributed by atoms with Crippen molar-refractivity contribution in [1.82, 2.24) is 0 Å². The molecular weight excluding hydrogens is 259 g/mol. The van der Waals surface area contributed by atoms with Crippen LogP contribution < -0.4 is 0 Å². The van der Waals surface area contributed by atoms with Crippen LogP contribution in [0.1, 0.15) is 12.8 Å². The van der Waals surface area contributed by atoms with Crippen LogP contribution in [0.3, 0.4) is 0 Å². The normalized spacial score (nSPS) is 32.2. The largest absolute Gasteiger partial charge is 0.379 e. The molecule has 0 radical (unpaired) electrons. The van der Waals surface area contributed by atoms with Crippen LogP contribution >= 0.6 is 23.0 Å². The molecule has 0 bridgehead atoms.